The fourth-order valence-electron chi connectivity index (χ4n) is 0.515. The number of carboxylic acid groups (broad SMARTS) is 1. The van der Waals surface area contributed by atoms with E-state index in [9.17, 15) is 9.59 Å². The van der Waals surface area contributed by atoms with Gasteiger partial charge in [-0.15, -0.1) is 0 Å². The number of aliphatic carboxylic acids is 1. The van der Waals surface area contributed by atoms with Gasteiger partial charge in [-0.1, -0.05) is 15.9 Å². The molecule has 0 spiro atoms. The zero-order valence-electron chi connectivity index (χ0n) is 5.97. The number of hydrogen-bond acceptors (Lipinski definition) is 2. The molecule has 0 heterocycles. The number of rotatable bonds is 5. The lowest BCUT2D eigenvalue weighted by molar-refractivity contribution is -0.137. The van der Waals surface area contributed by atoms with E-state index in [1.165, 1.54) is 0 Å². The third-order valence-corrected chi connectivity index (χ3v) is 1.52. The van der Waals surface area contributed by atoms with Crippen LogP contribution in [0.25, 0.3) is 0 Å². The van der Waals surface area contributed by atoms with E-state index in [1.807, 2.05) is 0 Å². The number of alkyl halides is 1. The summed E-state index contributed by atoms with van der Waals surface area (Å²) in [5.74, 6) is -0.950. The van der Waals surface area contributed by atoms with Gasteiger partial charge in [-0.2, -0.15) is 0 Å². The maximum atomic E-state index is 10.6. The molecule has 0 atom stereocenters. The Balaban J connectivity index is 3.14. The summed E-state index contributed by atoms with van der Waals surface area (Å²) in [6.07, 6.45) is 0.580. The Labute approximate surface area is 73.1 Å². The van der Waals surface area contributed by atoms with Gasteiger partial charge in [-0.25, -0.2) is 0 Å². The van der Waals surface area contributed by atoms with Crippen LogP contribution in [0.2, 0.25) is 0 Å². The molecule has 0 aliphatic carbocycles. The van der Waals surface area contributed by atoms with Gasteiger partial charge in [0.1, 0.15) is 0 Å². The quantitative estimate of drug-likeness (QED) is 0.523. The largest absolute Gasteiger partial charge is 0.481 e. The average Bonchev–Trinajstić information content (AvgIpc) is 1.97. The van der Waals surface area contributed by atoms with Crippen LogP contribution < -0.4 is 5.32 Å². The minimum Gasteiger partial charge on any atom is -0.481 e. The highest BCUT2D eigenvalue weighted by Gasteiger charge is 1.98. The lowest BCUT2D eigenvalue weighted by Crippen LogP contribution is -2.25. The molecule has 0 aromatic rings. The van der Waals surface area contributed by atoms with E-state index in [-0.39, 0.29) is 17.7 Å². The lowest BCUT2D eigenvalue weighted by Gasteiger charge is -1.99. The second-order valence-corrected chi connectivity index (χ2v) is 2.54. The minimum absolute atomic E-state index is 0.0998. The summed E-state index contributed by atoms with van der Waals surface area (Å²) in [7, 11) is 0. The van der Waals surface area contributed by atoms with Crippen molar-refractivity contribution < 1.29 is 14.7 Å². The van der Waals surface area contributed by atoms with E-state index in [0.29, 0.717) is 13.0 Å². The number of carbonyl (C=O) groups excluding carboxylic acids is 1. The zero-order chi connectivity index (χ0) is 8.69. The summed E-state index contributed by atoms with van der Waals surface area (Å²) in [5.41, 5.74) is 0. The van der Waals surface area contributed by atoms with Crippen LogP contribution in [0.5, 0.6) is 0 Å². The van der Waals surface area contributed by atoms with E-state index in [1.54, 1.807) is 0 Å². The molecular weight excluding hydrogens is 214 g/mol. The summed E-state index contributed by atoms with van der Waals surface area (Å²) in [4.78, 5) is 20.5. The SMILES string of the molecule is O=C(O)CCCNC(=O)CBr. The van der Waals surface area contributed by atoms with Gasteiger partial charge >= 0.3 is 5.97 Å². The van der Waals surface area contributed by atoms with Gasteiger partial charge in [-0.3, -0.25) is 9.59 Å². The van der Waals surface area contributed by atoms with Gasteiger partial charge < -0.3 is 10.4 Å². The lowest BCUT2D eigenvalue weighted by atomic mass is 10.3. The number of carboxylic acids is 1. The van der Waals surface area contributed by atoms with E-state index in [0.717, 1.165) is 0 Å². The molecule has 0 aliphatic rings. The molecule has 0 aromatic heterocycles. The van der Waals surface area contributed by atoms with E-state index in [4.69, 9.17) is 5.11 Å². The van der Waals surface area contributed by atoms with Crippen LogP contribution in [0.4, 0.5) is 0 Å². The van der Waals surface area contributed by atoms with Crippen LogP contribution in [0.3, 0.4) is 0 Å². The highest BCUT2D eigenvalue weighted by atomic mass is 79.9. The van der Waals surface area contributed by atoms with Crippen molar-refractivity contribution >= 4 is 27.8 Å². The summed E-state index contributed by atoms with van der Waals surface area (Å²) in [5, 5.41) is 11.0. The molecule has 0 aromatic carbocycles. The summed E-state index contributed by atoms with van der Waals surface area (Å²) in [6.45, 7) is 0.427. The molecule has 0 aliphatic heterocycles. The second kappa shape index (κ2) is 6.15. The fraction of sp³-hybridized carbons (Fsp3) is 0.667. The van der Waals surface area contributed by atoms with Crippen LogP contribution in [-0.4, -0.2) is 28.9 Å². The Hall–Kier alpha value is -0.580. The van der Waals surface area contributed by atoms with Gasteiger partial charge in [0, 0.05) is 13.0 Å². The second-order valence-electron chi connectivity index (χ2n) is 1.98. The third-order valence-electron chi connectivity index (χ3n) is 1.01. The molecular formula is C6H10BrNO3. The molecule has 1 amide bonds. The average molecular weight is 224 g/mol. The van der Waals surface area contributed by atoms with Crippen LogP contribution in [-0.2, 0) is 9.59 Å². The number of nitrogens with one attached hydrogen (secondary N) is 1. The van der Waals surface area contributed by atoms with Crippen molar-refractivity contribution in [1.82, 2.24) is 5.32 Å². The maximum absolute atomic E-state index is 10.6. The number of hydrogen-bond donors (Lipinski definition) is 2. The zero-order valence-corrected chi connectivity index (χ0v) is 7.56. The highest BCUT2D eigenvalue weighted by Crippen LogP contribution is 1.86. The summed E-state index contributed by atoms with van der Waals surface area (Å²) < 4.78 is 0. The maximum Gasteiger partial charge on any atom is 0.303 e. The Morgan fingerprint density at radius 2 is 2.09 bits per heavy atom. The molecule has 64 valence electrons. The van der Waals surface area contributed by atoms with Crippen molar-refractivity contribution in [3.05, 3.63) is 0 Å². The first-order valence-corrected chi connectivity index (χ1v) is 4.33. The van der Waals surface area contributed by atoms with E-state index >= 15 is 0 Å². The Kier molecular flexibility index (Phi) is 5.83. The fourth-order valence-corrected chi connectivity index (χ4v) is 0.713. The Morgan fingerprint density at radius 3 is 2.55 bits per heavy atom. The number of amides is 1. The standard InChI is InChI=1S/C6H10BrNO3/c7-4-5(9)8-3-1-2-6(10)11/h1-4H2,(H,8,9)(H,10,11). The molecule has 0 saturated carbocycles. The van der Waals surface area contributed by atoms with Crippen molar-refractivity contribution in [2.75, 3.05) is 11.9 Å². The van der Waals surface area contributed by atoms with Gasteiger partial charge in [0.05, 0.1) is 5.33 Å². The predicted molar refractivity (Wildman–Crippen MR) is 43.7 cm³/mol. The molecule has 4 nitrogen and oxygen atoms in total. The third kappa shape index (κ3) is 7.32. The van der Waals surface area contributed by atoms with Crippen LogP contribution in [0.15, 0.2) is 0 Å². The van der Waals surface area contributed by atoms with Crippen LogP contribution >= 0.6 is 15.9 Å². The van der Waals surface area contributed by atoms with Gasteiger partial charge in [0.15, 0.2) is 0 Å². The van der Waals surface area contributed by atoms with E-state index in [2.05, 4.69) is 21.2 Å². The minimum atomic E-state index is -0.835. The van der Waals surface area contributed by atoms with Crippen molar-refractivity contribution in [1.29, 1.82) is 0 Å². The van der Waals surface area contributed by atoms with Crippen molar-refractivity contribution in [2.45, 2.75) is 12.8 Å². The first-order chi connectivity index (χ1) is 5.16. The Bertz CT molecular complexity index is 149. The first-order valence-electron chi connectivity index (χ1n) is 3.21. The summed E-state index contributed by atoms with van der Waals surface area (Å²) in [6, 6.07) is 0. The first kappa shape index (κ1) is 10.4. The smallest absolute Gasteiger partial charge is 0.303 e. The molecule has 0 fully saturated rings. The molecule has 0 unspecified atom stereocenters. The van der Waals surface area contributed by atoms with Crippen molar-refractivity contribution in [3.8, 4) is 0 Å². The van der Waals surface area contributed by atoms with Gasteiger partial charge in [-0.05, 0) is 6.42 Å². The number of halogens is 1. The van der Waals surface area contributed by atoms with Crippen LogP contribution in [0, 0.1) is 0 Å². The van der Waals surface area contributed by atoms with Crippen molar-refractivity contribution in [3.63, 3.8) is 0 Å². The van der Waals surface area contributed by atoms with Crippen molar-refractivity contribution in [2.24, 2.45) is 0 Å². The molecule has 0 saturated heterocycles. The van der Waals surface area contributed by atoms with Crippen LogP contribution in [0.1, 0.15) is 12.8 Å². The molecule has 5 heteroatoms. The number of carbonyl (C=O) groups is 2. The van der Waals surface area contributed by atoms with E-state index < -0.39 is 5.97 Å². The van der Waals surface area contributed by atoms with Gasteiger partial charge in [0.2, 0.25) is 5.91 Å². The summed E-state index contributed by atoms with van der Waals surface area (Å²) >= 11 is 2.97. The topological polar surface area (TPSA) is 66.4 Å². The monoisotopic (exact) mass is 223 g/mol. The predicted octanol–water partition coefficient (Wildman–Crippen LogP) is 0.362. The van der Waals surface area contributed by atoms with Gasteiger partial charge in [0.25, 0.3) is 0 Å². The molecule has 0 bridgehead atoms. The Morgan fingerprint density at radius 1 is 1.45 bits per heavy atom. The molecule has 2 N–H and O–H groups in total. The highest BCUT2D eigenvalue weighted by molar-refractivity contribution is 9.09. The molecule has 11 heavy (non-hydrogen) atoms. The molecule has 0 radical (unpaired) electrons. The molecule has 0 rings (SSSR count). The normalized spacial score (nSPS) is 9.18.